The van der Waals surface area contributed by atoms with E-state index in [0.717, 1.165) is 18.0 Å². The van der Waals surface area contributed by atoms with Crippen molar-refractivity contribution in [2.45, 2.75) is 64.5 Å². The summed E-state index contributed by atoms with van der Waals surface area (Å²) in [6.07, 6.45) is 6.33. The van der Waals surface area contributed by atoms with Crippen LogP contribution in [0.5, 0.6) is 0 Å². The highest BCUT2D eigenvalue weighted by Crippen LogP contribution is 2.05. The van der Waals surface area contributed by atoms with E-state index < -0.39 is 6.10 Å². The van der Waals surface area contributed by atoms with Crippen LogP contribution in [0.1, 0.15) is 52.4 Å². The van der Waals surface area contributed by atoms with Gasteiger partial charge in [0.25, 0.3) is 0 Å². The molecule has 0 amide bonds. The first-order valence-corrected chi connectivity index (χ1v) is 6.99. The van der Waals surface area contributed by atoms with Gasteiger partial charge in [0.2, 0.25) is 0 Å². The normalized spacial score (nSPS) is 15.0. The van der Waals surface area contributed by atoms with Crippen molar-refractivity contribution >= 4 is 0 Å². The first-order valence-electron chi connectivity index (χ1n) is 6.99. The molecule has 0 rings (SSSR count). The van der Waals surface area contributed by atoms with Crippen LogP contribution in [0.15, 0.2) is 0 Å². The number of aliphatic hydroxyl groups excluding tert-OH is 1. The Hall–Kier alpha value is -0.200. The highest BCUT2D eigenvalue weighted by atomic mass is 16.5. The zero-order valence-electron chi connectivity index (χ0n) is 12.0. The van der Waals surface area contributed by atoms with Gasteiger partial charge in [-0.2, -0.15) is 0 Å². The van der Waals surface area contributed by atoms with Crippen LogP contribution in [0.3, 0.4) is 0 Å². The lowest BCUT2D eigenvalue weighted by molar-refractivity contribution is 0.0460. The quantitative estimate of drug-likeness (QED) is 0.416. The summed E-state index contributed by atoms with van der Waals surface area (Å²) in [5, 5.41) is 21.8. The van der Waals surface area contributed by atoms with Crippen molar-refractivity contribution in [2.24, 2.45) is 0 Å². The van der Waals surface area contributed by atoms with Crippen molar-refractivity contribution < 1.29 is 9.84 Å². The van der Waals surface area contributed by atoms with Gasteiger partial charge in [-0.1, -0.05) is 39.0 Å². The maximum absolute atomic E-state index is 11.6. The average Bonchev–Trinajstić information content (AvgIpc) is 2.33. The van der Waals surface area contributed by atoms with Crippen molar-refractivity contribution in [3.05, 3.63) is 5.21 Å². The molecule has 5 heteroatoms. The van der Waals surface area contributed by atoms with Crippen LogP contribution in [-0.2, 0) is 4.74 Å². The third-order valence-corrected chi connectivity index (χ3v) is 2.95. The van der Waals surface area contributed by atoms with E-state index in [0.29, 0.717) is 13.2 Å². The highest BCUT2D eigenvalue weighted by molar-refractivity contribution is 4.71. The van der Waals surface area contributed by atoms with Crippen LogP contribution in [0.25, 0.3) is 0 Å². The SMILES string of the molecule is CCCCCCCCN([O-])NC(COC)C(C)O. The molecule has 0 heterocycles. The van der Waals surface area contributed by atoms with Crippen molar-refractivity contribution in [3.63, 3.8) is 0 Å². The van der Waals surface area contributed by atoms with Gasteiger partial charge in [0.15, 0.2) is 0 Å². The van der Waals surface area contributed by atoms with Gasteiger partial charge in [0.1, 0.15) is 0 Å². The van der Waals surface area contributed by atoms with Gasteiger partial charge in [-0.3, -0.25) is 5.43 Å². The van der Waals surface area contributed by atoms with E-state index in [1.807, 2.05) is 0 Å². The molecule has 0 saturated heterocycles. The summed E-state index contributed by atoms with van der Waals surface area (Å²) in [5.41, 5.74) is 2.72. The van der Waals surface area contributed by atoms with Crippen LogP contribution in [0.4, 0.5) is 0 Å². The summed E-state index contributed by atoms with van der Waals surface area (Å²) in [4.78, 5) is 0. The van der Waals surface area contributed by atoms with Gasteiger partial charge in [0.05, 0.1) is 18.8 Å². The number of hydroxylamine groups is 1. The molecular weight excluding hydrogens is 232 g/mol. The molecule has 0 saturated carbocycles. The second kappa shape index (κ2) is 11.9. The van der Waals surface area contributed by atoms with Crippen LogP contribution in [-0.4, -0.2) is 42.7 Å². The standard InChI is InChI=1S/C13H29N2O3/c1-4-5-6-7-8-9-10-15(17)14-13(11-18-3)12(2)16/h12-14,16H,4-11H2,1-3H3/q-1. The molecule has 0 aromatic rings. The summed E-state index contributed by atoms with van der Waals surface area (Å²) >= 11 is 0. The molecule has 110 valence electrons. The molecule has 0 bridgehead atoms. The number of methoxy groups -OCH3 is 1. The minimum atomic E-state index is -0.606. The second-order valence-corrected chi connectivity index (χ2v) is 4.80. The van der Waals surface area contributed by atoms with Crippen molar-refractivity contribution in [1.82, 2.24) is 10.6 Å². The molecule has 2 atom stereocenters. The fourth-order valence-electron chi connectivity index (χ4n) is 1.75. The average molecular weight is 261 g/mol. The Morgan fingerprint density at radius 3 is 2.39 bits per heavy atom. The van der Waals surface area contributed by atoms with Gasteiger partial charge in [-0.15, -0.1) is 0 Å². The molecule has 2 unspecified atom stereocenters. The summed E-state index contributed by atoms with van der Waals surface area (Å²) in [7, 11) is 1.56. The predicted octanol–water partition coefficient (Wildman–Crippen LogP) is 2.05. The van der Waals surface area contributed by atoms with Gasteiger partial charge < -0.3 is 20.2 Å². The molecule has 0 spiro atoms. The van der Waals surface area contributed by atoms with E-state index in [4.69, 9.17) is 4.74 Å². The van der Waals surface area contributed by atoms with E-state index >= 15 is 0 Å². The lowest BCUT2D eigenvalue weighted by Gasteiger charge is -2.34. The molecule has 18 heavy (non-hydrogen) atoms. The lowest BCUT2D eigenvalue weighted by Crippen LogP contribution is -2.49. The highest BCUT2D eigenvalue weighted by Gasteiger charge is 2.14. The Kier molecular flexibility index (Phi) is 11.7. The number of nitrogens with zero attached hydrogens (tertiary/aromatic N) is 1. The lowest BCUT2D eigenvalue weighted by atomic mass is 10.1. The second-order valence-electron chi connectivity index (χ2n) is 4.80. The monoisotopic (exact) mass is 261 g/mol. The fourth-order valence-corrected chi connectivity index (χ4v) is 1.75. The maximum atomic E-state index is 11.6. The topological polar surface area (TPSA) is 67.8 Å². The van der Waals surface area contributed by atoms with Crippen LogP contribution >= 0.6 is 0 Å². The summed E-state index contributed by atoms with van der Waals surface area (Å²) in [6.45, 7) is 4.62. The predicted molar refractivity (Wildman–Crippen MR) is 73.9 cm³/mol. The Balaban J connectivity index is 3.58. The van der Waals surface area contributed by atoms with Crippen molar-refractivity contribution in [2.75, 3.05) is 20.3 Å². The van der Waals surface area contributed by atoms with Crippen LogP contribution in [0, 0.1) is 5.21 Å². The Morgan fingerprint density at radius 2 is 1.83 bits per heavy atom. The molecule has 0 radical (unpaired) electrons. The van der Waals surface area contributed by atoms with E-state index in [-0.39, 0.29) is 6.04 Å². The van der Waals surface area contributed by atoms with E-state index in [1.165, 1.54) is 25.7 Å². The first kappa shape index (κ1) is 17.8. The molecule has 5 nitrogen and oxygen atoms in total. The van der Waals surface area contributed by atoms with Crippen molar-refractivity contribution in [1.29, 1.82) is 0 Å². The van der Waals surface area contributed by atoms with Crippen molar-refractivity contribution in [3.8, 4) is 0 Å². The first-order chi connectivity index (χ1) is 8.61. The molecule has 0 aliphatic rings. The summed E-state index contributed by atoms with van der Waals surface area (Å²) in [6, 6.07) is -0.340. The molecule has 2 N–H and O–H groups in total. The number of hydrogen-bond donors (Lipinski definition) is 2. The number of ether oxygens (including phenoxy) is 1. The van der Waals surface area contributed by atoms with Crippen LogP contribution in [0.2, 0.25) is 0 Å². The summed E-state index contributed by atoms with van der Waals surface area (Å²) in [5.74, 6) is 0. The zero-order chi connectivity index (χ0) is 13.8. The van der Waals surface area contributed by atoms with E-state index in [9.17, 15) is 10.3 Å². The fraction of sp³-hybridized carbons (Fsp3) is 1.00. The Morgan fingerprint density at radius 1 is 1.22 bits per heavy atom. The van der Waals surface area contributed by atoms with Crippen LogP contribution < -0.4 is 5.43 Å². The molecule has 0 aliphatic carbocycles. The number of aliphatic hydroxyl groups is 1. The van der Waals surface area contributed by atoms with Gasteiger partial charge in [-0.25, -0.2) is 0 Å². The van der Waals surface area contributed by atoms with E-state index in [2.05, 4.69) is 12.3 Å². The minimum absolute atomic E-state index is 0.326. The molecule has 0 aromatic carbocycles. The minimum Gasteiger partial charge on any atom is -0.772 e. The smallest absolute Gasteiger partial charge is 0.0700 e. The largest absolute Gasteiger partial charge is 0.772 e. The molecule has 0 aromatic heterocycles. The maximum Gasteiger partial charge on any atom is 0.0700 e. The van der Waals surface area contributed by atoms with Gasteiger partial charge in [0, 0.05) is 7.11 Å². The zero-order valence-corrected chi connectivity index (χ0v) is 12.0. The Labute approximate surface area is 111 Å². The Bertz CT molecular complexity index is 180. The molecule has 0 fully saturated rings. The van der Waals surface area contributed by atoms with Gasteiger partial charge >= 0.3 is 0 Å². The van der Waals surface area contributed by atoms with Gasteiger partial charge in [-0.05, 0) is 19.9 Å². The number of rotatable bonds is 12. The molecular formula is C13H29N2O3-. The molecule has 0 aliphatic heterocycles. The third kappa shape index (κ3) is 9.79. The number of hydrazine groups is 1. The summed E-state index contributed by atoms with van der Waals surface area (Å²) < 4.78 is 4.95. The number of nitrogens with one attached hydrogen (secondary N) is 1. The third-order valence-electron chi connectivity index (χ3n) is 2.95. The van der Waals surface area contributed by atoms with E-state index in [1.54, 1.807) is 14.0 Å². The number of hydrogen-bond acceptors (Lipinski definition) is 5. The number of unbranched alkanes of at least 4 members (excludes halogenated alkanes) is 5.